The van der Waals surface area contributed by atoms with E-state index in [9.17, 15) is 4.79 Å². The minimum atomic E-state index is 0.0273. The average molecular weight is 324 g/mol. The summed E-state index contributed by atoms with van der Waals surface area (Å²) in [7, 11) is 0. The Hall–Kier alpha value is -2.43. The van der Waals surface area contributed by atoms with Crippen molar-refractivity contribution in [1.82, 2.24) is 19.7 Å². The number of carbonyl (C=O) groups excluding carboxylic acids is 1. The van der Waals surface area contributed by atoms with Crippen LogP contribution in [0.2, 0.25) is 0 Å². The van der Waals surface area contributed by atoms with Crippen LogP contribution in [0.15, 0.2) is 36.4 Å². The summed E-state index contributed by atoms with van der Waals surface area (Å²) in [5.74, 6) is 2.40. The van der Waals surface area contributed by atoms with Crippen LogP contribution in [-0.2, 0) is 11.3 Å². The molecule has 24 heavy (non-hydrogen) atoms. The molecule has 0 spiro atoms. The van der Waals surface area contributed by atoms with Gasteiger partial charge in [-0.1, -0.05) is 44.2 Å². The van der Waals surface area contributed by atoms with Crippen LogP contribution in [0, 0.1) is 12.8 Å². The van der Waals surface area contributed by atoms with Crippen molar-refractivity contribution in [2.75, 3.05) is 6.54 Å². The molecule has 1 aliphatic heterocycles. The Morgan fingerprint density at radius 3 is 2.75 bits per heavy atom. The van der Waals surface area contributed by atoms with Crippen molar-refractivity contribution >= 4 is 12.0 Å². The Morgan fingerprint density at radius 1 is 1.29 bits per heavy atom. The third-order valence-electron chi connectivity index (χ3n) is 4.34. The molecule has 0 fully saturated rings. The van der Waals surface area contributed by atoms with E-state index in [2.05, 4.69) is 28.6 Å². The molecular weight excluding hydrogens is 300 g/mol. The Labute approximate surface area is 143 Å². The van der Waals surface area contributed by atoms with Crippen LogP contribution in [-0.4, -0.2) is 32.1 Å². The summed E-state index contributed by atoms with van der Waals surface area (Å²) in [6.45, 7) is 7.62. The Bertz CT molecular complexity index is 733. The van der Waals surface area contributed by atoms with Crippen LogP contribution in [0.4, 0.5) is 0 Å². The first-order chi connectivity index (χ1) is 11.5. The number of carbonyl (C=O) groups is 1. The summed E-state index contributed by atoms with van der Waals surface area (Å²) in [4.78, 5) is 14.5. The molecule has 0 saturated carbocycles. The molecule has 126 valence electrons. The molecule has 1 aromatic heterocycles. The third-order valence-corrected chi connectivity index (χ3v) is 4.34. The Balaban J connectivity index is 1.77. The summed E-state index contributed by atoms with van der Waals surface area (Å²) in [5, 5.41) is 8.46. The van der Waals surface area contributed by atoms with Gasteiger partial charge in [-0.25, -0.2) is 0 Å². The van der Waals surface area contributed by atoms with Crippen molar-refractivity contribution < 1.29 is 4.79 Å². The minimum Gasteiger partial charge on any atom is -0.330 e. The predicted molar refractivity (Wildman–Crippen MR) is 94.1 cm³/mol. The van der Waals surface area contributed by atoms with E-state index < -0.39 is 0 Å². The molecule has 2 aromatic rings. The fourth-order valence-electron chi connectivity index (χ4n) is 3.30. The number of rotatable bonds is 4. The van der Waals surface area contributed by atoms with Crippen molar-refractivity contribution in [2.24, 2.45) is 5.92 Å². The molecule has 2 heterocycles. The summed E-state index contributed by atoms with van der Waals surface area (Å²) in [6, 6.07) is 10.1. The molecule has 0 unspecified atom stereocenters. The topological polar surface area (TPSA) is 51.0 Å². The maximum Gasteiger partial charge on any atom is 0.247 e. The second-order valence-corrected chi connectivity index (χ2v) is 6.78. The molecular formula is C19H24N4O. The number of hydrogen-bond donors (Lipinski definition) is 0. The van der Waals surface area contributed by atoms with Gasteiger partial charge < -0.3 is 9.47 Å². The molecule has 3 rings (SSSR count). The molecule has 1 amide bonds. The summed E-state index contributed by atoms with van der Waals surface area (Å²) in [6.07, 6.45) is 4.53. The standard InChI is InChI=1S/C19H24N4O/c1-14(2)11-17-12-22(13-18-21-20-15(3)23(17)18)19(24)10-9-16-7-5-4-6-8-16/h4-10,14,17H,11-13H2,1-3H3/b10-9+/t17-/m0/s1. The zero-order valence-corrected chi connectivity index (χ0v) is 14.5. The van der Waals surface area contributed by atoms with E-state index in [0.29, 0.717) is 19.0 Å². The smallest absolute Gasteiger partial charge is 0.247 e. The largest absolute Gasteiger partial charge is 0.330 e. The van der Waals surface area contributed by atoms with Crippen LogP contribution in [0.3, 0.4) is 0 Å². The molecule has 0 saturated heterocycles. The van der Waals surface area contributed by atoms with Crippen LogP contribution >= 0.6 is 0 Å². The first-order valence-corrected chi connectivity index (χ1v) is 8.47. The highest BCUT2D eigenvalue weighted by atomic mass is 16.2. The maximum absolute atomic E-state index is 12.6. The summed E-state index contributed by atoms with van der Waals surface area (Å²) in [5.41, 5.74) is 1.03. The van der Waals surface area contributed by atoms with Gasteiger partial charge in [0.25, 0.3) is 0 Å². The number of fused-ring (bicyclic) bond motifs is 1. The van der Waals surface area contributed by atoms with E-state index >= 15 is 0 Å². The highest BCUT2D eigenvalue weighted by Gasteiger charge is 2.30. The van der Waals surface area contributed by atoms with Crippen molar-refractivity contribution in [3.63, 3.8) is 0 Å². The molecule has 1 aromatic carbocycles. The lowest BCUT2D eigenvalue weighted by Gasteiger charge is -2.34. The summed E-state index contributed by atoms with van der Waals surface area (Å²) < 4.78 is 2.20. The van der Waals surface area contributed by atoms with E-state index in [-0.39, 0.29) is 11.9 Å². The van der Waals surface area contributed by atoms with Gasteiger partial charge in [0.1, 0.15) is 5.82 Å². The number of nitrogens with zero attached hydrogens (tertiary/aromatic N) is 4. The van der Waals surface area contributed by atoms with Gasteiger partial charge in [-0.05, 0) is 30.9 Å². The fourth-order valence-corrected chi connectivity index (χ4v) is 3.30. The van der Waals surface area contributed by atoms with Crippen LogP contribution in [0.25, 0.3) is 6.08 Å². The molecule has 5 heteroatoms. The summed E-state index contributed by atoms with van der Waals surface area (Å²) >= 11 is 0. The van der Waals surface area contributed by atoms with Crippen molar-refractivity contribution in [2.45, 2.75) is 39.8 Å². The number of benzene rings is 1. The van der Waals surface area contributed by atoms with Crippen LogP contribution < -0.4 is 0 Å². The number of aryl methyl sites for hydroxylation is 1. The fraction of sp³-hybridized carbons (Fsp3) is 0.421. The van der Waals surface area contributed by atoms with Gasteiger partial charge in [0.2, 0.25) is 5.91 Å². The lowest BCUT2D eigenvalue weighted by molar-refractivity contribution is -0.128. The molecule has 0 N–H and O–H groups in total. The molecule has 0 bridgehead atoms. The first-order valence-electron chi connectivity index (χ1n) is 8.47. The normalized spacial score (nSPS) is 17.5. The molecule has 5 nitrogen and oxygen atoms in total. The second kappa shape index (κ2) is 6.99. The van der Waals surface area contributed by atoms with Gasteiger partial charge in [-0.2, -0.15) is 0 Å². The number of hydrogen-bond acceptors (Lipinski definition) is 3. The van der Waals surface area contributed by atoms with Crippen molar-refractivity contribution in [3.8, 4) is 0 Å². The average Bonchev–Trinajstić information content (AvgIpc) is 2.94. The van der Waals surface area contributed by atoms with Crippen LogP contribution in [0.1, 0.15) is 43.5 Å². The van der Waals surface area contributed by atoms with E-state index in [1.807, 2.05) is 48.2 Å². The lowest BCUT2D eigenvalue weighted by atomic mass is 10.0. The molecule has 0 aliphatic carbocycles. The number of amides is 1. The molecule has 1 atom stereocenters. The highest BCUT2D eigenvalue weighted by Crippen LogP contribution is 2.27. The van der Waals surface area contributed by atoms with Gasteiger partial charge in [-0.15, -0.1) is 10.2 Å². The SMILES string of the molecule is Cc1nnc2n1[C@@H](CC(C)C)CN(C(=O)/C=C/c1ccccc1)C2. The Morgan fingerprint density at radius 2 is 2.04 bits per heavy atom. The van der Waals surface area contributed by atoms with Gasteiger partial charge in [0, 0.05) is 12.6 Å². The van der Waals surface area contributed by atoms with Gasteiger partial charge in [0.15, 0.2) is 5.82 Å². The van der Waals surface area contributed by atoms with Crippen molar-refractivity contribution in [3.05, 3.63) is 53.6 Å². The molecule has 0 radical (unpaired) electrons. The lowest BCUT2D eigenvalue weighted by Crippen LogP contribution is -2.41. The maximum atomic E-state index is 12.6. The number of aromatic nitrogens is 3. The predicted octanol–water partition coefficient (Wildman–Crippen LogP) is 3.23. The Kier molecular flexibility index (Phi) is 4.79. The second-order valence-electron chi connectivity index (χ2n) is 6.78. The monoisotopic (exact) mass is 324 g/mol. The van der Waals surface area contributed by atoms with E-state index in [1.165, 1.54) is 0 Å². The highest BCUT2D eigenvalue weighted by molar-refractivity contribution is 5.91. The quantitative estimate of drug-likeness (QED) is 0.811. The zero-order chi connectivity index (χ0) is 17.1. The van der Waals surface area contributed by atoms with Gasteiger partial charge >= 0.3 is 0 Å². The zero-order valence-electron chi connectivity index (χ0n) is 14.5. The first kappa shape index (κ1) is 16.4. The van der Waals surface area contributed by atoms with Crippen LogP contribution in [0.5, 0.6) is 0 Å². The van der Waals surface area contributed by atoms with E-state index in [0.717, 1.165) is 23.6 Å². The van der Waals surface area contributed by atoms with Gasteiger partial charge in [-0.3, -0.25) is 4.79 Å². The minimum absolute atomic E-state index is 0.0273. The van der Waals surface area contributed by atoms with E-state index in [4.69, 9.17) is 0 Å². The van der Waals surface area contributed by atoms with Crippen molar-refractivity contribution in [1.29, 1.82) is 0 Å². The molecule has 1 aliphatic rings. The van der Waals surface area contributed by atoms with E-state index in [1.54, 1.807) is 6.08 Å². The third kappa shape index (κ3) is 3.55. The van der Waals surface area contributed by atoms with Gasteiger partial charge in [0.05, 0.1) is 12.6 Å².